The summed E-state index contributed by atoms with van der Waals surface area (Å²) in [4.78, 5) is 25.9. The fourth-order valence-corrected chi connectivity index (χ4v) is 4.22. The molecule has 0 saturated carbocycles. The highest BCUT2D eigenvalue weighted by Crippen LogP contribution is 2.45. The summed E-state index contributed by atoms with van der Waals surface area (Å²) in [5, 5.41) is 3.97. The number of allylic oxidation sites excluding steroid dienone is 3. The maximum atomic E-state index is 13.0. The molecule has 0 amide bonds. The van der Waals surface area contributed by atoms with Gasteiger partial charge in [-0.2, -0.15) is 0 Å². The van der Waals surface area contributed by atoms with Crippen molar-refractivity contribution < 1.29 is 19.1 Å². The zero-order valence-electron chi connectivity index (χ0n) is 16.8. The van der Waals surface area contributed by atoms with Crippen LogP contribution >= 0.6 is 23.2 Å². The molecule has 156 valence electrons. The minimum absolute atomic E-state index is 0.0146. The van der Waals surface area contributed by atoms with Crippen LogP contribution in [0.15, 0.2) is 40.7 Å². The predicted octanol–water partition coefficient (Wildman–Crippen LogP) is 4.93. The monoisotopic (exact) mass is 437 g/mol. The molecule has 2 aliphatic rings. The number of benzene rings is 1. The fraction of sp³-hybridized carbons (Fsp3) is 0.455. The fourth-order valence-electron chi connectivity index (χ4n) is 3.80. The van der Waals surface area contributed by atoms with Crippen molar-refractivity contribution >= 4 is 35.0 Å². The van der Waals surface area contributed by atoms with E-state index < -0.39 is 11.9 Å². The highest BCUT2D eigenvalue weighted by atomic mass is 35.5. The molecule has 29 heavy (non-hydrogen) atoms. The first-order chi connectivity index (χ1) is 13.8. The van der Waals surface area contributed by atoms with E-state index in [4.69, 9.17) is 32.7 Å². The molecule has 0 bridgehead atoms. The standard InChI is InChI=1S/C22H25Cl2NO4/c1-12(2)28-10-11-29-22(27)18-13(3)25-16-8-5-9-17(26)20(16)19(18)14-6-4-7-15(23)21(14)24/h4,6-7,12,19,25H,5,8-11H2,1-3H3/t19-/m0/s1. The van der Waals surface area contributed by atoms with Crippen LogP contribution in [0.5, 0.6) is 0 Å². The third kappa shape index (κ3) is 4.68. The predicted molar refractivity (Wildman–Crippen MR) is 113 cm³/mol. The lowest BCUT2D eigenvalue weighted by molar-refractivity contribution is -0.141. The largest absolute Gasteiger partial charge is 0.460 e. The van der Waals surface area contributed by atoms with Gasteiger partial charge in [0.05, 0.1) is 28.3 Å². The van der Waals surface area contributed by atoms with Crippen molar-refractivity contribution in [1.29, 1.82) is 0 Å². The van der Waals surface area contributed by atoms with Crippen molar-refractivity contribution in [2.45, 2.75) is 52.1 Å². The molecule has 0 aromatic heterocycles. The van der Waals surface area contributed by atoms with E-state index in [0.717, 1.165) is 18.5 Å². The molecule has 0 saturated heterocycles. The number of dihydropyridines is 1. The lowest BCUT2D eigenvalue weighted by Gasteiger charge is -2.34. The number of hydrogen-bond donors (Lipinski definition) is 1. The molecule has 1 aromatic carbocycles. The molecule has 1 aliphatic carbocycles. The molecule has 0 unspecified atom stereocenters. The normalized spacial score (nSPS) is 19.4. The van der Waals surface area contributed by atoms with E-state index in [9.17, 15) is 9.59 Å². The van der Waals surface area contributed by atoms with Crippen LogP contribution in [0.25, 0.3) is 0 Å². The van der Waals surface area contributed by atoms with E-state index in [-0.39, 0.29) is 18.5 Å². The van der Waals surface area contributed by atoms with Gasteiger partial charge < -0.3 is 14.8 Å². The van der Waals surface area contributed by atoms with Gasteiger partial charge in [0.15, 0.2) is 5.78 Å². The van der Waals surface area contributed by atoms with E-state index in [1.807, 2.05) is 20.8 Å². The van der Waals surface area contributed by atoms with Crippen LogP contribution in [0, 0.1) is 0 Å². The van der Waals surface area contributed by atoms with Crippen molar-refractivity contribution in [3.8, 4) is 0 Å². The average Bonchev–Trinajstić information content (AvgIpc) is 2.66. The third-order valence-corrected chi connectivity index (χ3v) is 5.89. The molecular weight excluding hydrogens is 413 g/mol. The van der Waals surface area contributed by atoms with Gasteiger partial charge in [-0.1, -0.05) is 35.3 Å². The van der Waals surface area contributed by atoms with Crippen molar-refractivity contribution in [1.82, 2.24) is 5.32 Å². The number of Topliss-reactive ketones (excluding diaryl/α,β-unsaturated/α-hetero) is 1. The number of nitrogens with one attached hydrogen (secondary N) is 1. The number of esters is 1. The Kier molecular flexibility index (Phi) is 7.04. The minimum Gasteiger partial charge on any atom is -0.460 e. The minimum atomic E-state index is -0.608. The first-order valence-corrected chi connectivity index (χ1v) is 10.5. The van der Waals surface area contributed by atoms with Gasteiger partial charge in [0, 0.05) is 29.3 Å². The first kappa shape index (κ1) is 21.9. The molecule has 1 aromatic rings. The summed E-state index contributed by atoms with van der Waals surface area (Å²) in [6.07, 6.45) is 2.02. The lowest BCUT2D eigenvalue weighted by atomic mass is 9.75. The lowest BCUT2D eigenvalue weighted by Crippen LogP contribution is -2.34. The van der Waals surface area contributed by atoms with E-state index in [2.05, 4.69) is 5.32 Å². The van der Waals surface area contributed by atoms with Crippen LogP contribution in [0.1, 0.15) is 51.5 Å². The number of carbonyl (C=O) groups excluding carboxylic acids is 2. The van der Waals surface area contributed by atoms with Crippen molar-refractivity contribution in [2.75, 3.05) is 13.2 Å². The Bertz CT molecular complexity index is 889. The summed E-state index contributed by atoms with van der Waals surface area (Å²) >= 11 is 12.7. The van der Waals surface area contributed by atoms with E-state index in [1.54, 1.807) is 18.2 Å². The molecule has 7 heteroatoms. The van der Waals surface area contributed by atoms with E-state index in [0.29, 0.717) is 45.5 Å². The van der Waals surface area contributed by atoms with Crippen molar-refractivity contribution in [3.05, 3.63) is 56.3 Å². The van der Waals surface area contributed by atoms with E-state index >= 15 is 0 Å². The second-order valence-electron chi connectivity index (χ2n) is 7.46. The van der Waals surface area contributed by atoms with Gasteiger partial charge >= 0.3 is 5.97 Å². The highest BCUT2D eigenvalue weighted by Gasteiger charge is 2.40. The Morgan fingerprint density at radius 3 is 2.72 bits per heavy atom. The maximum absolute atomic E-state index is 13.0. The number of ketones is 1. The van der Waals surface area contributed by atoms with Crippen LogP contribution in [0.4, 0.5) is 0 Å². The van der Waals surface area contributed by atoms with E-state index in [1.165, 1.54) is 0 Å². The maximum Gasteiger partial charge on any atom is 0.336 e. The molecule has 5 nitrogen and oxygen atoms in total. The van der Waals surface area contributed by atoms with Crippen molar-refractivity contribution in [3.63, 3.8) is 0 Å². The molecular formula is C22H25Cl2NO4. The first-order valence-electron chi connectivity index (χ1n) is 9.78. The number of ether oxygens (including phenoxy) is 2. The summed E-state index contributed by atoms with van der Waals surface area (Å²) in [6.45, 7) is 6.08. The number of halogens is 2. The van der Waals surface area contributed by atoms with Crippen LogP contribution in [0.3, 0.4) is 0 Å². The number of hydrogen-bond acceptors (Lipinski definition) is 5. The zero-order valence-corrected chi connectivity index (χ0v) is 18.3. The summed E-state index contributed by atoms with van der Waals surface area (Å²) < 4.78 is 10.9. The molecule has 1 atom stereocenters. The van der Waals surface area contributed by atoms with Crippen LogP contribution in [-0.2, 0) is 19.1 Å². The highest BCUT2D eigenvalue weighted by molar-refractivity contribution is 6.42. The number of rotatable bonds is 6. The van der Waals surface area contributed by atoms with Gasteiger partial charge in [0.2, 0.25) is 0 Å². The van der Waals surface area contributed by atoms with Gasteiger partial charge in [-0.05, 0) is 45.2 Å². The average molecular weight is 438 g/mol. The summed E-state index contributed by atoms with van der Waals surface area (Å²) in [7, 11) is 0. The zero-order chi connectivity index (χ0) is 21.1. The summed E-state index contributed by atoms with van der Waals surface area (Å²) in [6, 6.07) is 5.26. The topological polar surface area (TPSA) is 64.6 Å². The molecule has 3 rings (SSSR count). The molecule has 1 aliphatic heterocycles. The second-order valence-corrected chi connectivity index (χ2v) is 8.25. The summed E-state index contributed by atoms with van der Waals surface area (Å²) in [5.41, 5.74) is 3.10. The van der Waals surface area contributed by atoms with Gasteiger partial charge in [0.1, 0.15) is 6.61 Å². The van der Waals surface area contributed by atoms with Gasteiger partial charge in [-0.25, -0.2) is 4.79 Å². The second kappa shape index (κ2) is 9.33. The molecule has 1 heterocycles. The number of carbonyl (C=O) groups is 2. The Morgan fingerprint density at radius 2 is 2.00 bits per heavy atom. The molecule has 1 N–H and O–H groups in total. The Morgan fingerprint density at radius 1 is 1.24 bits per heavy atom. The molecule has 0 radical (unpaired) electrons. The van der Waals surface area contributed by atoms with Gasteiger partial charge in [0.25, 0.3) is 0 Å². The Hall–Kier alpha value is -1.82. The van der Waals surface area contributed by atoms with Gasteiger partial charge in [-0.3, -0.25) is 4.79 Å². The summed E-state index contributed by atoms with van der Waals surface area (Å²) in [5.74, 6) is -1.09. The SMILES string of the molecule is CC1=C(C(=O)OCCOC(C)C)[C@H](c2cccc(Cl)c2Cl)C2=C(CCCC2=O)N1. The van der Waals surface area contributed by atoms with Crippen molar-refractivity contribution in [2.24, 2.45) is 0 Å². The Balaban J connectivity index is 2.00. The molecule has 0 spiro atoms. The van der Waals surface area contributed by atoms with Crippen LogP contribution in [0.2, 0.25) is 10.0 Å². The Labute approximate surface area is 181 Å². The van der Waals surface area contributed by atoms with Gasteiger partial charge in [-0.15, -0.1) is 0 Å². The quantitative estimate of drug-likeness (QED) is 0.504. The van der Waals surface area contributed by atoms with Crippen LogP contribution in [-0.4, -0.2) is 31.1 Å². The van der Waals surface area contributed by atoms with Crippen LogP contribution < -0.4 is 5.32 Å². The molecule has 0 fully saturated rings. The smallest absolute Gasteiger partial charge is 0.336 e. The third-order valence-electron chi connectivity index (χ3n) is 5.06.